The van der Waals surface area contributed by atoms with E-state index in [1.807, 2.05) is 12.3 Å². The van der Waals surface area contributed by atoms with Crippen LogP contribution in [0, 0.1) is 31.9 Å². The monoisotopic (exact) mass is 873 g/mol. The SMILES string of the molecule is CCCC(CCC)[C@@H]1COC(c2[c-]c(-n3c4[c-]c(-n5c6ccc(C)cc6c6cccnc65)ccc4c4cc(C)ccc43)cc(-c3ccccc3)c2)=N1.[Pt+2]. The van der Waals surface area contributed by atoms with Gasteiger partial charge < -0.3 is 13.9 Å². The molecule has 0 unspecified atom stereocenters. The van der Waals surface area contributed by atoms with Crippen molar-refractivity contribution in [1.29, 1.82) is 0 Å². The van der Waals surface area contributed by atoms with Crippen molar-refractivity contribution >= 4 is 49.6 Å². The molecule has 0 aliphatic carbocycles. The number of ether oxygens (including phenoxy) is 1. The molecule has 0 radical (unpaired) electrons. The van der Waals surface area contributed by atoms with Crippen molar-refractivity contribution in [1.82, 2.24) is 14.1 Å². The minimum Gasteiger partial charge on any atom is -0.518 e. The molecule has 0 bridgehead atoms. The summed E-state index contributed by atoms with van der Waals surface area (Å²) in [6.07, 6.45) is 6.51. The maximum Gasteiger partial charge on any atom is 2.00 e. The molecular weight excluding hydrogens is 832 g/mol. The minimum atomic E-state index is 0. The van der Waals surface area contributed by atoms with Crippen LogP contribution in [0.15, 0.2) is 114 Å². The van der Waals surface area contributed by atoms with E-state index in [0.29, 0.717) is 18.4 Å². The predicted molar refractivity (Wildman–Crippen MR) is 215 cm³/mol. The van der Waals surface area contributed by atoms with Crippen LogP contribution in [0.5, 0.6) is 0 Å². The van der Waals surface area contributed by atoms with E-state index in [-0.39, 0.29) is 27.1 Å². The van der Waals surface area contributed by atoms with Gasteiger partial charge in [-0.1, -0.05) is 109 Å². The Hall–Kier alpha value is -4.99. The largest absolute Gasteiger partial charge is 2.00 e. The third kappa shape index (κ3) is 6.19. The third-order valence-corrected chi connectivity index (χ3v) is 10.7. The predicted octanol–water partition coefficient (Wildman–Crippen LogP) is 11.5. The molecule has 266 valence electrons. The van der Waals surface area contributed by atoms with Gasteiger partial charge in [0, 0.05) is 22.5 Å². The number of pyridine rings is 1. The van der Waals surface area contributed by atoms with Crippen LogP contribution in [0.25, 0.3) is 66.2 Å². The zero-order valence-corrected chi connectivity index (χ0v) is 32.9. The number of fused-ring (bicyclic) bond motifs is 6. The van der Waals surface area contributed by atoms with Crippen LogP contribution >= 0.6 is 0 Å². The molecule has 0 fully saturated rings. The van der Waals surface area contributed by atoms with Gasteiger partial charge in [0.1, 0.15) is 11.5 Å². The van der Waals surface area contributed by atoms with E-state index in [0.717, 1.165) is 86.7 Å². The second-order valence-electron chi connectivity index (χ2n) is 14.4. The number of nitrogens with zero attached hydrogens (tertiary/aromatic N) is 4. The smallest absolute Gasteiger partial charge is 0.518 e. The molecule has 4 heterocycles. The van der Waals surface area contributed by atoms with E-state index in [4.69, 9.17) is 14.7 Å². The summed E-state index contributed by atoms with van der Waals surface area (Å²) in [5, 5.41) is 4.65. The average Bonchev–Trinajstić information content (AvgIpc) is 3.88. The quantitative estimate of drug-likeness (QED) is 0.136. The van der Waals surface area contributed by atoms with Crippen molar-refractivity contribution in [2.45, 2.75) is 59.4 Å². The molecule has 0 spiro atoms. The summed E-state index contributed by atoms with van der Waals surface area (Å²) in [5.74, 6) is 1.21. The molecule has 6 heteroatoms. The normalized spacial score (nSPS) is 14.4. The molecule has 3 aromatic heterocycles. The summed E-state index contributed by atoms with van der Waals surface area (Å²) in [6, 6.07) is 44.8. The van der Waals surface area contributed by atoms with Crippen molar-refractivity contribution in [2.75, 3.05) is 6.61 Å². The fourth-order valence-corrected chi connectivity index (χ4v) is 8.27. The molecule has 1 aliphatic heterocycles. The van der Waals surface area contributed by atoms with Gasteiger partial charge in [0.2, 0.25) is 0 Å². The van der Waals surface area contributed by atoms with Gasteiger partial charge >= 0.3 is 21.1 Å². The Balaban J connectivity index is 0.00000400. The summed E-state index contributed by atoms with van der Waals surface area (Å²) in [7, 11) is 0. The molecule has 0 saturated carbocycles. The fraction of sp³-hybridized carbons (Fsp3) is 0.234. The Kier molecular flexibility index (Phi) is 9.55. The van der Waals surface area contributed by atoms with Gasteiger partial charge in [-0.05, 0) is 79.6 Å². The van der Waals surface area contributed by atoms with E-state index >= 15 is 0 Å². The van der Waals surface area contributed by atoms with Crippen LogP contribution in [0.4, 0.5) is 0 Å². The number of aromatic nitrogens is 3. The number of rotatable bonds is 9. The van der Waals surface area contributed by atoms with Gasteiger partial charge in [-0.2, -0.15) is 6.07 Å². The molecule has 1 aliphatic rings. The molecule has 0 amide bonds. The molecule has 5 nitrogen and oxygen atoms in total. The zero-order valence-electron chi connectivity index (χ0n) is 30.6. The van der Waals surface area contributed by atoms with E-state index in [9.17, 15) is 0 Å². The number of aryl methyl sites for hydroxylation is 2. The molecule has 5 aromatic carbocycles. The number of aliphatic imine (C=N–C) groups is 1. The van der Waals surface area contributed by atoms with E-state index in [1.165, 1.54) is 21.9 Å². The Morgan fingerprint density at radius 3 is 2.15 bits per heavy atom. The van der Waals surface area contributed by atoms with Gasteiger partial charge in [0.15, 0.2) is 0 Å². The van der Waals surface area contributed by atoms with E-state index < -0.39 is 0 Å². The summed E-state index contributed by atoms with van der Waals surface area (Å²) < 4.78 is 11.0. The van der Waals surface area contributed by atoms with Gasteiger partial charge in [0.05, 0.1) is 18.2 Å². The summed E-state index contributed by atoms with van der Waals surface area (Å²) in [4.78, 5) is 10.1. The van der Waals surface area contributed by atoms with E-state index in [2.05, 4.69) is 146 Å². The van der Waals surface area contributed by atoms with Crippen molar-refractivity contribution in [3.05, 3.63) is 138 Å². The Morgan fingerprint density at radius 2 is 1.42 bits per heavy atom. The van der Waals surface area contributed by atoms with Crippen molar-refractivity contribution in [3.63, 3.8) is 0 Å². The van der Waals surface area contributed by atoms with Gasteiger partial charge in [-0.15, -0.1) is 35.7 Å². The van der Waals surface area contributed by atoms with E-state index in [1.54, 1.807) is 0 Å². The van der Waals surface area contributed by atoms with Crippen LogP contribution in [0.3, 0.4) is 0 Å². The second-order valence-corrected chi connectivity index (χ2v) is 14.4. The first-order valence-electron chi connectivity index (χ1n) is 18.7. The molecular formula is C47H42N4OPt. The van der Waals surface area contributed by atoms with Crippen LogP contribution in [0.2, 0.25) is 0 Å². The molecule has 1 atom stereocenters. The van der Waals surface area contributed by atoms with Gasteiger partial charge in [-0.3, -0.25) is 4.99 Å². The standard InChI is InChI=1S/C47H42N4O.Pt/c1-5-11-33(12-6-2)42-29-52-47(49-42)35-25-34(32-13-8-7-9-14-32)26-37(27-35)50-43-20-16-30(3)23-40(43)38-19-18-36(28-45(38)50)51-44-21-17-31(4)24-41(44)39-15-10-22-48-46(39)51;/h7-10,13-26,33,42H,5-6,11-12,29H2,1-4H3;/q-2;+2/t42-;/m0./s1. The van der Waals surface area contributed by atoms with Crippen LogP contribution in [-0.2, 0) is 25.8 Å². The summed E-state index contributed by atoms with van der Waals surface area (Å²) >= 11 is 0. The molecule has 8 aromatic rings. The van der Waals surface area contributed by atoms with Crippen molar-refractivity contribution in [3.8, 4) is 22.5 Å². The molecule has 0 saturated heterocycles. The first-order chi connectivity index (χ1) is 25.5. The fourth-order valence-electron chi connectivity index (χ4n) is 8.27. The summed E-state index contributed by atoms with van der Waals surface area (Å²) in [5.41, 5.74) is 11.6. The Bertz CT molecular complexity index is 2650. The van der Waals surface area contributed by atoms with Crippen molar-refractivity contribution < 1.29 is 25.8 Å². The van der Waals surface area contributed by atoms with Crippen LogP contribution in [-0.4, -0.2) is 32.7 Å². The van der Waals surface area contributed by atoms with Crippen LogP contribution < -0.4 is 0 Å². The summed E-state index contributed by atoms with van der Waals surface area (Å²) in [6.45, 7) is 9.45. The van der Waals surface area contributed by atoms with Gasteiger partial charge in [-0.25, -0.2) is 4.98 Å². The Labute approximate surface area is 325 Å². The first kappa shape index (κ1) is 35.1. The van der Waals surface area contributed by atoms with Crippen molar-refractivity contribution in [2.24, 2.45) is 10.9 Å². The number of hydrogen-bond acceptors (Lipinski definition) is 3. The van der Waals surface area contributed by atoms with Crippen LogP contribution in [0.1, 0.15) is 56.2 Å². The minimum absolute atomic E-state index is 0. The second kappa shape index (κ2) is 14.4. The average molecular weight is 874 g/mol. The maximum absolute atomic E-state index is 6.43. The molecule has 9 rings (SSSR count). The topological polar surface area (TPSA) is 44.3 Å². The maximum atomic E-state index is 6.43. The Morgan fingerprint density at radius 1 is 0.698 bits per heavy atom. The number of hydrogen-bond donors (Lipinski definition) is 0. The first-order valence-corrected chi connectivity index (χ1v) is 18.7. The zero-order chi connectivity index (χ0) is 35.3. The number of benzene rings is 5. The van der Waals surface area contributed by atoms with Gasteiger partial charge in [0.25, 0.3) is 0 Å². The molecule has 0 N–H and O–H groups in total. The molecule has 53 heavy (non-hydrogen) atoms. The third-order valence-electron chi connectivity index (χ3n) is 10.7.